The lowest BCUT2D eigenvalue weighted by Gasteiger charge is -2.17. The number of carbonyl (C=O) groups is 5. The highest BCUT2D eigenvalue weighted by Crippen LogP contribution is 2.25. The van der Waals surface area contributed by atoms with Crippen LogP contribution in [0, 0.1) is 11.8 Å². The van der Waals surface area contributed by atoms with Crippen LogP contribution in [0.2, 0.25) is 10.0 Å². The van der Waals surface area contributed by atoms with Crippen LogP contribution in [-0.4, -0.2) is 62.7 Å². The minimum atomic E-state index is -1.03. The third-order valence-corrected chi connectivity index (χ3v) is 9.94. The summed E-state index contributed by atoms with van der Waals surface area (Å²) in [5.74, 6) is -3.82. The molecule has 4 N–H and O–H groups in total. The minimum Gasteiger partial charge on any atom is -0.483 e. The number of halogens is 2. The molecule has 13 heteroatoms. The lowest BCUT2D eigenvalue weighted by Crippen LogP contribution is -2.29. The van der Waals surface area contributed by atoms with Crippen molar-refractivity contribution in [1.82, 2.24) is 9.97 Å². The Morgan fingerprint density at radius 3 is 1.67 bits per heavy atom. The number of aromatic amines is 2. The van der Waals surface area contributed by atoms with Gasteiger partial charge in [-0.1, -0.05) is 59.6 Å². The van der Waals surface area contributed by atoms with E-state index in [-0.39, 0.29) is 56.0 Å². The van der Waals surface area contributed by atoms with Gasteiger partial charge in [0.05, 0.1) is 11.8 Å². The fourth-order valence-corrected chi connectivity index (χ4v) is 6.70. The summed E-state index contributed by atoms with van der Waals surface area (Å²) >= 11 is 12.0. The van der Waals surface area contributed by atoms with Gasteiger partial charge in [0.2, 0.25) is 5.91 Å². The van der Waals surface area contributed by atoms with Gasteiger partial charge < -0.3 is 29.8 Å². The van der Waals surface area contributed by atoms with Crippen LogP contribution in [-0.2, 0) is 36.8 Å². The van der Waals surface area contributed by atoms with Crippen molar-refractivity contribution in [2.75, 3.05) is 11.9 Å². The van der Waals surface area contributed by atoms with Crippen molar-refractivity contribution in [1.29, 1.82) is 0 Å². The van der Waals surface area contributed by atoms with Crippen molar-refractivity contribution in [3.05, 3.63) is 131 Å². The molecule has 0 fully saturated rings. The lowest BCUT2D eigenvalue weighted by molar-refractivity contribution is -0.144. The third-order valence-electron chi connectivity index (χ3n) is 9.47. The minimum absolute atomic E-state index is 0.0160. The lowest BCUT2D eigenvalue weighted by atomic mass is 9.95. The van der Waals surface area contributed by atoms with Crippen LogP contribution in [0.25, 0.3) is 21.8 Å². The van der Waals surface area contributed by atoms with Gasteiger partial charge in [0.1, 0.15) is 11.5 Å². The number of nitrogens with one attached hydrogen (secondary N) is 2. The average molecular weight is 813 g/mol. The number of carboxylic acid groups (broad SMARTS) is 2. The highest BCUT2D eigenvalue weighted by molar-refractivity contribution is 6.31. The monoisotopic (exact) mass is 811 g/mol. The molecule has 1 unspecified atom stereocenters. The van der Waals surface area contributed by atoms with E-state index in [1.807, 2.05) is 78.9 Å². The van der Waals surface area contributed by atoms with E-state index in [9.17, 15) is 34.2 Å². The second kappa shape index (κ2) is 19.8. The average Bonchev–Trinajstić information content (AvgIpc) is 3.79. The van der Waals surface area contributed by atoms with Gasteiger partial charge in [-0.3, -0.25) is 24.0 Å². The van der Waals surface area contributed by atoms with Crippen LogP contribution in [0.15, 0.2) is 109 Å². The van der Waals surface area contributed by atoms with Crippen molar-refractivity contribution < 1.29 is 38.9 Å². The summed E-state index contributed by atoms with van der Waals surface area (Å²) in [6.07, 6.45) is -0.441. The van der Waals surface area contributed by atoms with Gasteiger partial charge in [0.25, 0.3) is 0 Å². The number of nitrogens with zero attached hydrogens (tertiary/aromatic N) is 1. The fraction of sp³-hybridized carbons (Fsp3) is 0.250. The van der Waals surface area contributed by atoms with Gasteiger partial charge in [0.15, 0.2) is 11.9 Å². The first-order chi connectivity index (χ1) is 27.2. The molecule has 0 aliphatic carbocycles. The molecule has 0 spiro atoms. The molecule has 57 heavy (non-hydrogen) atoms. The van der Waals surface area contributed by atoms with Gasteiger partial charge >= 0.3 is 11.9 Å². The molecule has 0 saturated carbocycles. The van der Waals surface area contributed by atoms with Gasteiger partial charge in [-0.05, 0) is 79.7 Å². The number of carbonyl (C=O) groups excluding carboxylic acids is 3. The number of carboxylic acids is 2. The number of anilines is 1. The van der Waals surface area contributed by atoms with Crippen molar-refractivity contribution in [2.24, 2.45) is 11.8 Å². The Morgan fingerprint density at radius 1 is 0.667 bits per heavy atom. The molecule has 3 atom stereocenters. The van der Waals surface area contributed by atoms with Gasteiger partial charge in [-0.25, -0.2) is 0 Å². The Bertz CT molecular complexity index is 2340. The largest absolute Gasteiger partial charge is 0.483 e. The summed E-state index contributed by atoms with van der Waals surface area (Å²) in [4.78, 5) is 68.3. The molecule has 0 saturated heterocycles. The SMILES string of the molecule is CC(Oc1ccccc1)C(=O)C[C@H](Cc1cc2cc(Cl)ccc2[nH]1)C(=O)O.CN(C(=O)CCC(=O)C[C@H](Cc1cc2cc(Cl)ccc2[nH]1)C(=O)O)c1ccccc1. The Labute approximate surface area is 339 Å². The van der Waals surface area contributed by atoms with Crippen molar-refractivity contribution in [2.45, 2.75) is 51.6 Å². The molecule has 2 aromatic heterocycles. The Hall–Kier alpha value is -5.91. The number of para-hydroxylation sites is 2. The van der Waals surface area contributed by atoms with Crippen molar-refractivity contribution in [3.8, 4) is 5.75 Å². The zero-order valence-corrected chi connectivity index (χ0v) is 32.9. The molecule has 6 aromatic rings. The summed E-state index contributed by atoms with van der Waals surface area (Å²) in [7, 11) is 1.66. The van der Waals surface area contributed by atoms with E-state index in [2.05, 4.69) is 9.97 Å². The fourth-order valence-electron chi connectivity index (χ4n) is 6.34. The molecular formula is C44H43Cl2N3O8. The first-order valence-electron chi connectivity index (χ1n) is 18.3. The number of hydrogen-bond donors (Lipinski definition) is 4. The standard InChI is InChI=1S/C23H23ClN2O4.C21H20ClNO4/c1-26(19-5-3-2-4-6-19)22(28)10-8-20(27)14-16(23(29)30)13-18-12-15-11-17(24)7-9-21(15)25-18;1-13(27-18-5-3-2-4-6-18)20(24)12-15(21(25)26)11-17-10-14-9-16(22)7-8-19(14)23-17/h2-7,9,11-12,16,25H,8,10,13-14H2,1H3,(H,29,30);2-10,13,15,23H,11-12H2,1H3,(H,25,26)/t16-;13?,15-/m00/s1. The third kappa shape index (κ3) is 12.3. The van der Waals surface area contributed by atoms with E-state index in [1.54, 1.807) is 44.3 Å². The zero-order valence-electron chi connectivity index (χ0n) is 31.4. The Balaban J connectivity index is 0.000000219. The predicted molar refractivity (Wildman–Crippen MR) is 221 cm³/mol. The Morgan fingerprint density at radius 2 is 1.16 bits per heavy atom. The van der Waals surface area contributed by atoms with E-state index in [0.29, 0.717) is 15.8 Å². The number of fused-ring (bicyclic) bond motifs is 2. The van der Waals surface area contributed by atoms with E-state index < -0.39 is 29.9 Å². The smallest absolute Gasteiger partial charge is 0.307 e. The molecule has 4 aromatic carbocycles. The molecule has 296 valence electrons. The number of H-pyrrole nitrogens is 2. The van der Waals surface area contributed by atoms with Crippen LogP contribution in [0.5, 0.6) is 5.75 Å². The number of ether oxygens (including phenoxy) is 1. The number of benzene rings is 4. The highest BCUT2D eigenvalue weighted by Gasteiger charge is 2.27. The number of rotatable bonds is 17. The quantitative estimate of drug-likeness (QED) is 0.0708. The van der Waals surface area contributed by atoms with Crippen LogP contribution >= 0.6 is 23.2 Å². The first kappa shape index (κ1) is 42.2. The second-order valence-corrected chi connectivity index (χ2v) is 14.7. The highest BCUT2D eigenvalue weighted by atomic mass is 35.5. The van der Waals surface area contributed by atoms with Gasteiger partial charge in [-0.15, -0.1) is 0 Å². The van der Waals surface area contributed by atoms with Crippen molar-refractivity contribution >= 4 is 80.1 Å². The molecule has 0 radical (unpaired) electrons. The molecule has 0 bridgehead atoms. The zero-order chi connectivity index (χ0) is 41.1. The predicted octanol–water partition coefficient (Wildman–Crippen LogP) is 8.96. The normalized spacial score (nSPS) is 12.6. The number of Topliss-reactive ketones (excluding diaryl/α,β-unsaturated/α-hetero) is 2. The molecule has 0 aliphatic rings. The summed E-state index contributed by atoms with van der Waals surface area (Å²) < 4.78 is 5.60. The summed E-state index contributed by atoms with van der Waals surface area (Å²) in [6.45, 7) is 1.64. The van der Waals surface area contributed by atoms with E-state index in [1.165, 1.54) is 4.90 Å². The summed E-state index contributed by atoms with van der Waals surface area (Å²) in [5.41, 5.74) is 3.97. The van der Waals surface area contributed by atoms with Crippen molar-refractivity contribution in [3.63, 3.8) is 0 Å². The van der Waals surface area contributed by atoms with Crippen LogP contribution in [0.4, 0.5) is 5.69 Å². The molecular weight excluding hydrogens is 769 g/mol. The maximum atomic E-state index is 12.5. The first-order valence-corrected chi connectivity index (χ1v) is 19.1. The maximum absolute atomic E-state index is 12.5. The second-order valence-electron chi connectivity index (χ2n) is 13.8. The molecule has 1 amide bonds. The van der Waals surface area contributed by atoms with Gasteiger partial charge in [0, 0.05) is 94.5 Å². The van der Waals surface area contributed by atoms with E-state index in [0.717, 1.165) is 38.9 Å². The topological polar surface area (TPSA) is 170 Å². The van der Waals surface area contributed by atoms with Crippen LogP contribution < -0.4 is 9.64 Å². The number of aliphatic carboxylic acids is 2. The van der Waals surface area contributed by atoms with E-state index in [4.69, 9.17) is 27.9 Å². The number of hydrogen-bond acceptors (Lipinski definition) is 6. The Kier molecular flexibility index (Phi) is 14.7. The molecule has 11 nitrogen and oxygen atoms in total. The molecule has 0 aliphatic heterocycles. The summed E-state index contributed by atoms with van der Waals surface area (Å²) in [6, 6.07) is 32.7. The maximum Gasteiger partial charge on any atom is 0.307 e. The van der Waals surface area contributed by atoms with E-state index >= 15 is 0 Å². The summed E-state index contributed by atoms with van der Waals surface area (Å²) in [5, 5.41) is 22.1. The van der Waals surface area contributed by atoms with Crippen LogP contribution in [0.3, 0.4) is 0 Å². The van der Waals surface area contributed by atoms with Crippen LogP contribution in [0.1, 0.15) is 44.0 Å². The molecule has 2 heterocycles. The number of aromatic nitrogens is 2. The number of amides is 1. The molecule has 6 rings (SSSR count). The van der Waals surface area contributed by atoms with Gasteiger partial charge in [-0.2, -0.15) is 0 Å². The number of ketones is 2.